The van der Waals surface area contributed by atoms with E-state index in [1.165, 1.54) is 36.1 Å². The number of aromatic hydroxyl groups is 1. The van der Waals surface area contributed by atoms with Gasteiger partial charge >= 0.3 is 0 Å². The summed E-state index contributed by atoms with van der Waals surface area (Å²) in [6.07, 6.45) is 1.16. The lowest BCUT2D eigenvalue weighted by molar-refractivity contribution is -0.116. The summed E-state index contributed by atoms with van der Waals surface area (Å²) < 4.78 is 0. The van der Waals surface area contributed by atoms with Crippen LogP contribution >= 0.6 is 0 Å². The molecule has 0 atom stereocenters. The first kappa shape index (κ1) is 17.6. The van der Waals surface area contributed by atoms with Gasteiger partial charge in [0.2, 0.25) is 5.91 Å². The first-order valence-electron chi connectivity index (χ1n) is 7.28. The third kappa shape index (κ3) is 4.59. The van der Waals surface area contributed by atoms with Gasteiger partial charge in [-0.1, -0.05) is 6.07 Å². The molecule has 2 aromatic carbocycles. The lowest BCUT2D eigenvalue weighted by Gasteiger charge is -2.17. The Hall–Kier alpha value is -3.79. The van der Waals surface area contributed by atoms with Gasteiger partial charge in [-0.25, -0.2) is 0 Å². The largest absolute Gasteiger partial charge is 0.508 e. The van der Waals surface area contributed by atoms with Crippen molar-refractivity contribution < 1.29 is 14.7 Å². The van der Waals surface area contributed by atoms with Crippen molar-refractivity contribution in [2.45, 2.75) is 6.92 Å². The summed E-state index contributed by atoms with van der Waals surface area (Å²) in [4.78, 5) is 25.3. The number of phenolic OH excluding ortho intramolecular Hbond substituents is 1. The van der Waals surface area contributed by atoms with Crippen LogP contribution in [0, 0.1) is 11.3 Å². The summed E-state index contributed by atoms with van der Waals surface area (Å²) in [5, 5.41) is 21.0. The SMILES string of the molecule is CC(=O)N(/C=C(/C#N)C(=O)Nc1ccc(O)cc1)c1cccc(N)c1. The van der Waals surface area contributed by atoms with Gasteiger partial charge in [0.25, 0.3) is 5.91 Å². The normalized spacial score (nSPS) is 10.6. The highest BCUT2D eigenvalue weighted by molar-refractivity contribution is 6.08. The number of nitrogens with zero attached hydrogens (tertiary/aromatic N) is 2. The number of nitrogen functional groups attached to an aromatic ring is 1. The summed E-state index contributed by atoms with van der Waals surface area (Å²) in [6.45, 7) is 1.31. The molecule has 0 aliphatic carbocycles. The fourth-order valence-electron chi connectivity index (χ4n) is 2.03. The topological polar surface area (TPSA) is 119 Å². The second-order valence-corrected chi connectivity index (χ2v) is 5.14. The van der Waals surface area contributed by atoms with Crippen LogP contribution in [0.2, 0.25) is 0 Å². The fraction of sp³-hybridized carbons (Fsp3) is 0.0556. The van der Waals surface area contributed by atoms with Crippen molar-refractivity contribution in [3.05, 3.63) is 60.3 Å². The van der Waals surface area contributed by atoms with Crippen LogP contribution in [0.25, 0.3) is 0 Å². The van der Waals surface area contributed by atoms with Gasteiger partial charge < -0.3 is 16.2 Å². The number of anilines is 3. The van der Waals surface area contributed by atoms with Crippen LogP contribution in [-0.4, -0.2) is 16.9 Å². The van der Waals surface area contributed by atoms with E-state index in [1.54, 1.807) is 30.3 Å². The van der Waals surface area contributed by atoms with E-state index in [2.05, 4.69) is 5.32 Å². The Morgan fingerprint density at radius 3 is 2.48 bits per heavy atom. The first-order chi connectivity index (χ1) is 11.9. The van der Waals surface area contributed by atoms with E-state index >= 15 is 0 Å². The van der Waals surface area contributed by atoms with E-state index in [4.69, 9.17) is 5.73 Å². The van der Waals surface area contributed by atoms with E-state index in [-0.39, 0.29) is 17.2 Å². The molecule has 0 bridgehead atoms. The second kappa shape index (κ2) is 7.66. The number of nitrogens with one attached hydrogen (secondary N) is 1. The predicted octanol–water partition coefficient (Wildman–Crippen LogP) is 2.37. The molecule has 0 heterocycles. The Morgan fingerprint density at radius 2 is 1.92 bits per heavy atom. The highest BCUT2D eigenvalue weighted by Crippen LogP contribution is 2.20. The summed E-state index contributed by atoms with van der Waals surface area (Å²) in [5.41, 5.74) is 6.75. The minimum Gasteiger partial charge on any atom is -0.508 e. The van der Waals surface area contributed by atoms with E-state index in [0.29, 0.717) is 17.1 Å². The molecular weight excluding hydrogens is 320 g/mol. The monoisotopic (exact) mass is 336 g/mol. The number of hydrogen-bond acceptors (Lipinski definition) is 5. The molecule has 0 radical (unpaired) electrons. The number of hydrogen-bond donors (Lipinski definition) is 3. The molecule has 0 aliphatic heterocycles. The zero-order chi connectivity index (χ0) is 18.4. The molecule has 7 heteroatoms. The number of nitrogens with two attached hydrogens (primary N) is 1. The van der Waals surface area contributed by atoms with Crippen LogP contribution < -0.4 is 16.0 Å². The highest BCUT2D eigenvalue weighted by atomic mass is 16.3. The van der Waals surface area contributed by atoms with Crippen LogP contribution in [0.3, 0.4) is 0 Å². The Labute approximate surface area is 144 Å². The van der Waals surface area contributed by atoms with E-state index in [1.807, 2.05) is 0 Å². The van der Waals surface area contributed by atoms with Gasteiger partial charge in [0.15, 0.2) is 0 Å². The molecule has 0 unspecified atom stereocenters. The number of benzene rings is 2. The molecule has 0 fully saturated rings. The minimum atomic E-state index is -0.677. The van der Waals surface area contributed by atoms with E-state index < -0.39 is 5.91 Å². The number of carbonyl (C=O) groups is 2. The smallest absolute Gasteiger partial charge is 0.267 e. The Morgan fingerprint density at radius 1 is 1.24 bits per heavy atom. The second-order valence-electron chi connectivity index (χ2n) is 5.14. The zero-order valence-corrected chi connectivity index (χ0v) is 13.4. The van der Waals surface area contributed by atoms with Crippen molar-refractivity contribution >= 4 is 28.9 Å². The maximum absolute atomic E-state index is 12.3. The van der Waals surface area contributed by atoms with Crippen LogP contribution in [0.15, 0.2) is 60.3 Å². The lowest BCUT2D eigenvalue weighted by Crippen LogP contribution is -2.25. The number of rotatable bonds is 4. The van der Waals surface area contributed by atoms with Crippen LogP contribution in [-0.2, 0) is 9.59 Å². The summed E-state index contributed by atoms with van der Waals surface area (Å²) >= 11 is 0. The Bertz CT molecular complexity index is 867. The summed E-state index contributed by atoms with van der Waals surface area (Å²) in [7, 11) is 0. The standard InChI is InChI=1S/C18H16N4O3/c1-12(23)22(16-4-2-3-14(20)9-16)11-13(10-19)18(25)21-15-5-7-17(24)8-6-15/h2-9,11,24H,20H2,1H3,(H,21,25)/b13-11-. The van der Waals surface area contributed by atoms with Gasteiger partial charge in [-0.15, -0.1) is 0 Å². The van der Waals surface area contributed by atoms with Crippen molar-refractivity contribution in [2.24, 2.45) is 0 Å². The van der Waals surface area contributed by atoms with Gasteiger partial charge in [0, 0.05) is 24.5 Å². The molecule has 0 spiro atoms. The van der Waals surface area contributed by atoms with Gasteiger partial charge in [-0.2, -0.15) is 5.26 Å². The maximum Gasteiger partial charge on any atom is 0.267 e. The average molecular weight is 336 g/mol. The molecule has 2 amide bonds. The van der Waals surface area contributed by atoms with Gasteiger partial charge in [-0.3, -0.25) is 14.5 Å². The molecular formula is C18H16N4O3. The number of amides is 2. The van der Waals surface area contributed by atoms with Gasteiger partial charge in [0.05, 0.1) is 5.69 Å². The summed E-state index contributed by atoms with van der Waals surface area (Å²) in [6, 6.07) is 14.1. The Balaban J connectivity index is 2.29. The van der Waals surface area contributed by atoms with E-state index in [9.17, 15) is 20.0 Å². The van der Waals surface area contributed by atoms with E-state index in [0.717, 1.165) is 6.20 Å². The minimum absolute atomic E-state index is 0.0541. The molecule has 126 valence electrons. The molecule has 2 aromatic rings. The van der Waals surface area contributed by atoms with Crippen molar-refractivity contribution in [3.8, 4) is 11.8 Å². The first-order valence-corrected chi connectivity index (χ1v) is 7.28. The lowest BCUT2D eigenvalue weighted by atomic mass is 10.2. The van der Waals surface area contributed by atoms with Gasteiger partial charge in [0.1, 0.15) is 17.4 Å². The maximum atomic E-state index is 12.3. The molecule has 2 rings (SSSR count). The van der Waals surface area contributed by atoms with Crippen LogP contribution in [0.4, 0.5) is 17.1 Å². The third-order valence-corrected chi connectivity index (χ3v) is 3.24. The highest BCUT2D eigenvalue weighted by Gasteiger charge is 2.15. The molecule has 0 aromatic heterocycles. The fourth-order valence-corrected chi connectivity index (χ4v) is 2.03. The molecule has 0 saturated carbocycles. The quantitative estimate of drug-likeness (QED) is 0.343. The number of nitriles is 1. The van der Waals surface area contributed by atoms with Crippen molar-refractivity contribution in [1.29, 1.82) is 5.26 Å². The third-order valence-electron chi connectivity index (χ3n) is 3.24. The van der Waals surface area contributed by atoms with Crippen molar-refractivity contribution in [2.75, 3.05) is 16.0 Å². The molecule has 7 nitrogen and oxygen atoms in total. The molecule has 0 aliphatic rings. The molecule has 4 N–H and O–H groups in total. The average Bonchev–Trinajstić information content (AvgIpc) is 2.57. The zero-order valence-electron chi connectivity index (χ0n) is 13.4. The van der Waals surface area contributed by atoms with Crippen molar-refractivity contribution in [1.82, 2.24) is 0 Å². The summed E-state index contributed by atoms with van der Waals surface area (Å²) in [5.74, 6) is -1.00. The van der Waals surface area contributed by atoms with Crippen LogP contribution in [0.5, 0.6) is 5.75 Å². The van der Waals surface area contributed by atoms with Gasteiger partial charge in [-0.05, 0) is 42.5 Å². The number of carbonyl (C=O) groups excluding carboxylic acids is 2. The Kier molecular flexibility index (Phi) is 5.38. The molecule has 0 saturated heterocycles. The van der Waals surface area contributed by atoms with Crippen LogP contribution in [0.1, 0.15) is 6.92 Å². The van der Waals surface area contributed by atoms with Crippen molar-refractivity contribution in [3.63, 3.8) is 0 Å². The molecule has 25 heavy (non-hydrogen) atoms. The number of phenols is 1. The predicted molar refractivity (Wildman–Crippen MR) is 94.4 cm³/mol.